The Kier molecular flexibility index (Phi) is 6.92. The molecule has 154 valence electrons. The molecule has 1 aliphatic rings. The fraction of sp³-hybridized carbons (Fsp3) is 0.800. The lowest BCUT2D eigenvalue weighted by Gasteiger charge is -2.36. The van der Waals surface area contributed by atoms with Crippen molar-refractivity contribution in [3.05, 3.63) is 32.6 Å². The predicted octanol–water partition coefficient (Wildman–Crippen LogP) is 3.82. The van der Waals surface area contributed by atoms with Gasteiger partial charge >= 0.3 is 5.69 Å². The third kappa shape index (κ3) is 5.21. The van der Waals surface area contributed by atoms with Gasteiger partial charge in [0.25, 0.3) is 5.56 Å². The van der Waals surface area contributed by atoms with Crippen LogP contribution in [0.15, 0.2) is 15.8 Å². The van der Waals surface area contributed by atoms with E-state index in [2.05, 4.69) is 52.7 Å². The van der Waals surface area contributed by atoms with Crippen LogP contribution < -0.4 is 11.2 Å². The zero-order valence-corrected chi connectivity index (χ0v) is 18.9. The van der Waals surface area contributed by atoms with Crippen LogP contribution in [0, 0.1) is 5.92 Å². The minimum atomic E-state index is -1.78. The van der Waals surface area contributed by atoms with E-state index in [0.717, 1.165) is 19.3 Å². The van der Waals surface area contributed by atoms with Gasteiger partial charge in [-0.2, -0.15) is 0 Å². The van der Waals surface area contributed by atoms with E-state index in [0.29, 0.717) is 24.5 Å². The first-order valence-corrected chi connectivity index (χ1v) is 13.0. The van der Waals surface area contributed by atoms with E-state index in [1.54, 1.807) is 10.8 Å². The Morgan fingerprint density at radius 1 is 1.33 bits per heavy atom. The zero-order chi connectivity index (χ0) is 20.4. The van der Waals surface area contributed by atoms with Gasteiger partial charge in [0.1, 0.15) is 6.23 Å². The molecule has 1 fully saturated rings. The standard InChI is InChI=1S/C20H36N2O4Si/c1-8-16-14(2)12-17(26-16)22-13-15(18(23)21-19(22)24)10-9-11-25-27(6,7)20(3,4)5/h13-14,16-17H,8-12H2,1-7H3,(H,21,23,24)/t14-,16+,17?/m0/s1. The summed E-state index contributed by atoms with van der Waals surface area (Å²) in [4.78, 5) is 26.9. The molecule has 7 heteroatoms. The van der Waals surface area contributed by atoms with Crippen molar-refractivity contribution in [1.29, 1.82) is 0 Å². The normalized spacial score (nSPS) is 23.7. The van der Waals surface area contributed by atoms with E-state index in [1.165, 1.54) is 0 Å². The zero-order valence-electron chi connectivity index (χ0n) is 17.9. The van der Waals surface area contributed by atoms with Gasteiger partial charge in [-0.15, -0.1) is 0 Å². The lowest BCUT2D eigenvalue weighted by atomic mass is 10.0. The lowest BCUT2D eigenvalue weighted by Crippen LogP contribution is -2.41. The van der Waals surface area contributed by atoms with Gasteiger partial charge in [-0.3, -0.25) is 14.3 Å². The quantitative estimate of drug-likeness (QED) is 0.562. The summed E-state index contributed by atoms with van der Waals surface area (Å²) in [6.07, 6.45) is 4.61. The number of aromatic nitrogens is 2. The highest BCUT2D eigenvalue weighted by atomic mass is 28.4. The molecule has 3 atom stereocenters. The van der Waals surface area contributed by atoms with Crippen molar-refractivity contribution in [3.8, 4) is 0 Å². The molecule has 0 bridgehead atoms. The number of hydrogen-bond acceptors (Lipinski definition) is 4. The van der Waals surface area contributed by atoms with Crippen molar-refractivity contribution in [2.24, 2.45) is 5.92 Å². The van der Waals surface area contributed by atoms with Crippen LogP contribution >= 0.6 is 0 Å². The van der Waals surface area contributed by atoms with Gasteiger partial charge < -0.3 is 9.16 Å². The highest BCUT2D eigenvalue weighted by Gasteiger charge is 2.37. The molecule has 0 saturated carbocycles. The van der Waals surface area contributed by atoms with Crippen molar-refractivity contribution in [1.82, 2.24) is 9.55 Å². The van der Waals surface area contributed by atoms with Gasteiger partial charge in [0.15, 0.2) is 8.32 Å². The number of H-pyrrole nitrogens is 1. The molecule has 0 aromatic carbocycles. The largest absolute Gasteiger partial charge is 0.417 e. The van der Waals surface area contributed by atoms with Crippen LogP contribution in [0.4, 0.5) is 0 Å². The van der Waals surface area contributed by atoms with Crippen molar-refractivity contribution in [2.45, 2.75) is 90.8 Å². The Labute approximate surface area is 163 Å². The maximum absolute atomic E-state index is 12.3. The molecule has 0 spiro atoms. The summed E-state index contributed by atoms with van der Waals surface area (Å²) in [6.45, 7) is 16.0. The first-order chi connectivity index (χ1) is 12.5. The SMILES string of the molecule is CC[C@H]1OC(n2cc(CCCO[Si](C)(C)C(C)(C)C)c(=O)[nH]c2=O)C[C@@H]1C. The molecule has 0 radical (unpaired) electrons. The fourth-order valence-corrected chi connectivity index (χ4v) is 4.35. The molecule has 1 unspecified atom stereocenters. The Hall–Kier alpha value is -1.18. The van der Waals surface area contributed by atoms with Gasteiger partial charge in [0.05, 0.1) is 6.10 Å². The van der Waals surface area contributed by atoms with Gasteiger partial charge in [0.2, 0.25) is 0 Å². The Morgan fingerprint density at radius 2 is 2.00 bits per heavy atom. The lowest BCUT2D eigenvalue weighted by molar-refractivity contribution is -0.00773. The summed E-state index contributed by atoms with van der Waals surface area (Å²) < 4.78 is 13.8. The smallest absolute Gasteiger partial charge is 0.330 e. The maximum atomic E-state index is 12.3. The minimum Gasteiger partial charge on any atom is -0.417 e. The summed E-state index contributed by atoms with van der Waals surface area (Å²) in [7, 11) is -1.78. The topological polar surface area (TPSA) is 73.3 Å². The number of nitrogens with zero attached hydrogens (tertiary/aromatic N) is 1. The third-order valence-electron chi connectivity index (χ3n) is 6.15. The molecule has 2 heterocycles. The molecule has 1 aliphatic heterocycles. The monoisotopic (exact) mass is 396 g/mol. The average Bonchev–Trinajstić information content (AvgIpc) is 2.92. The van der Waals surface area contributed by atoms with E-state index in [4.69, 9.17) is 9.16 Å². The summed E-state index contributed by atoms with van der Waals surface area (Å²) >= 11 is 0. The molecule has 27 heavy (non-hydrogen) atoms. The number of rotatable bonds is 7. The number of nitrogens with one attached hydrogen (secondary N) is 1. The minimum absolute atomic E-state index is 0.162. The second-order valence-electron chi connectivity index (χ2n) is 9.28. The molecular weight excluding hydrogens is 360 g/mol. The van der Waals surface area contributed by atoms with Crippen LogP contribution in [0.5, 0.6) is 0 Å². The van der Waals surface area contributed by atoms with E-state index < -0.39 is 14.0 Å². The van der Waals surface area contributed by atoms with Crippen molar-refractivity contribution >= 4 is 8.32 Å². The highest BCUT2D eigenvalue weighted by Crippen LogP contribution is 2.36. The molecule has 6 nitrogen and oxygen atoms in total. The molecule has 2 rings (SSSR count). The first-order valence-electron chi connectivity index (χ1n) is 10.1. The van der Waals surface area contributed by atoms with E-state index in [-0.39, 0.29) is 22.9 Å². The Balaban J connectivity index is 2.04. The van der Waals surface area contributed by atoms with Crippen LogP contribution in [0.25, 0.3) is 0 Å². The van der Waals surface area contributed by atoms with Crippen LogP contribution in [-0.4, -0.2) is 30.6 Å². The van der Waals surface area contributed by atoms with E-state index >= 15 is 0 Å². The average molecular weight is 397 g/mol. The molecule has 1 aromatic heterocycles. The van der Waals surface area contributed by atoms with Gasteiger partial charge in [-0.05, 0) is 49.7 Å². The predicted molar refractivity (Wildman–Crippen MR) is 111 cm³/mol. The maximum Gasteiger partial charge on any atom is 0.330 e. The molecular formula is C20H36N2O4Si. The van der Waals surface area contributed by atoms with Gasteiger partial charge in [-0.25, -0.2) is 4.79 Å². The number of hydrogen-bond donors (Lipinski definition) is 1. The third-order valence-corrected chi connectivity index (χ3v) is 10.7. The summed E-state index contributed by atoms with van der Waals surface area (Å²) in [5.74, 6) is 0.403. The molecule has 0 amide bonds. The van der Waals surface area contributed by atoms with Crippen molar-refractivity contribution in [2.75, 3.05) is 6.61 Å². The van der Waals surface area contributed by atoms with Gasteiger partial charge in [0, 0.05) is 18.4 Å². The molecule has 1 aromatic rings. The van der Waals surface area contributed by atoms with Crippen LogP contribution in [0.3, 0.4) is 0 Å². The Morgan fingerprint density at radius 3 is 2.56 bits per heavy atom. The summed E-state index contributed by atoms with van der Waals surface area (Å²) in [5.41, 5.74) is -0.0819. The Bertz CT molecular complexity index is 748. The summed E-state index contributed by atoms with van der Waals surface area (Å²) in [5, 5.41) is 0.171. The molecule has 0 aliphatic carbocycles. The van der Waals surface area contributed by atoms with Crippen molar-refractivity contribution in [3.63, 3.8) is 0 Å². The number of aromatic amines is 1. The first kappa shape index (κ1) is 22.1. The highest BCUT2D eigenvalue weighted by molar-refractivity contribution is 6.74. The molecule has 1 N–H and O–H groups in total. The number of aryl methyl sites for hydroxylation is 1. The van der Waals surface area contributed by atoms with Gasteiger partial charge in [-0.1, -0.05) is 34.6 Å². The van der Waals surface area contributed by atoms with E-state index in [9.17, 15) is 9.59 Å². The second kappa shape index (κ2) is 8.45. The van der Waals surface area contributed by atoms with Crippen LogP contribution in [0.1, 0.15) is 65.7 Å². The van der Waals surface area contributed by atoms with E-state index in [1.807, 2.05) is 0 Å². The van der Waals surface area contributed by atoms with Crippen molar-refractivity contribution < 1.29 is 9.16 Å². The van der Waals surface area contributed by atoms with Crippen LogP contribution in [0.2, 0.25) is 18.1 Å². The number of ether oxygens (including phenoxy) is 1. The fourth-order valence-electron chi connectivity index (χ4n) is 3.26. The second-order valence-corrected chi connectivity index (χ2v) is 14.1. The van der Waals surface area contributed by atoms with Crippen LogP contribution in [-0.2, 0) is 15.6 Å². The summed E-state index contributed by atoms with van der Waals surface area (Å²) in [6, 6.07) is 0. The molecule has 1 saturated heterocycles.